The molecule has 0 spiro atoms. The maximum absolute atomic E-state index is 14.0. The fourth-order valence-corrected chi connectivity index (χ4v) is 4.01. The van der Waals surface area contributed by atoms with E-state index in [1.807, 2.05) is 18.2 Å². The summed E-state index contributed by atoms with van der Waals surface area (Å²) in [4.78, 5) is 23.0. The monoisotopic (exact) mass is 437 g/mol. The number of H-pyrrole nitrogens is 2. The molecule has 0 unspecified atom stereocenters. The number of rotatable bonds is 6. The number of aromatic amines is 2. The van der Waals surface area contributed by atoms with Gasteiger partial charge in [-0.3, -0.25) is 14.8 Å². The Morgan fingerprint density at radius 2 is 1.81 bits per heavy atom. The lowest BCUT2D eigenvalue weighted by atomic mass is 10.0. The zero-order valence-corrected chi connectivity index (χ0v) is 17.2. The molecule has 0 aliphatic carbocycles. The fourth-order valence-electron chi connectivity index (χ4n) is 4.01. The minimum absolute atomic E-state index is 0.207. The quantitative estimate of drug-likeness (QED) is 0.451. The Morgan fingerprint density at radius 3 is 2.59 bits per heavy atom. The summed E-state index contributed by atoms with van der Waals surface area (Å²) in [5, 5.41) is 6.89. The second-order valence-electron chi connectivity index (χ2n) is 7.75. The Labute approximate surface area is 182 Å². The highest BCUT2D eigenvalue weighted by Gasteiger charge is 2.21. The number of morpholine rings is 1. The highest BCUT2D eigenvalue weighted by atomic mass is 19.1. The lowest BCUT2D eigenvalue weighted by Crippen LogP contribution is -2.35. The minimum Gasteiger partial charge on any atom is -0.379 e. The third-order valence-electron chi connectivity index (χ3n) is 5.64. The number of fused-ring (bicyclic) bond motifs is 1. The van der Waals surface area contributed by atoms with E-state index in [0.29, 0.717) is 17.1 Å². The van der Waals surface area contributed by atoms with Crippen molar-refractivity contribution in [2.24, 2.45) is 0 Å². The van der Waals surface area contributed by atoms with Gasteiger partial charge in [0, 0.05) is 31.6 Å². The Kier molecular flexibility index (Phi) is 5.50. The van der Waals surface area contributed by atoms with Crippen LogP contribution in [-0.4, -0.2) is 57.2 Å². The number of nitrogens with one attached hydrogen (secondary N) is 2. The summed E-state index contributed by atoms with van der Waals surface area (Å²) in [5.74, 6) is -1.90. The van der Waals surface area contributed by atoms with Crippen LogP contribution in [0.3, 0.4) is 0 Å². The van der Waals surface area contributed by atoms with Crippen LogP contribution >= 0.6 is 0 Å². The summed E-state index contributed by atoms with van der Waals surface area (Å²) in [6, 6.07) is 9.32. The molecular weight excluding hydrogens is 416 g/mol. The highest BCUT2D eigenvalue weighted by molar-refractivity contribution is 5.98. The third-order valence-corrected chi connectivity index (χ3v) is 5.64. The maximum Gasteiger partial charge on any atom is 0.173 e. The number of aromatic nitrogens is 4. The number of para-hydroxylation sites is 1. The number of imidazole rings is 1. The van der Waals surface area contributed by atoms with Crippen molar-refractivity contribution in [3.8, 4) is 11.5 Å². The smallest absolute Gasteiger partial charge is 0.173 e. The molecule has 5 rings (SSSR count). The standard InChI is InChI=1S/C23H21F2N5O2/c24-16-4-2-5-17(25)20(16)19(31)11-15-12-26-29-22(15)23-27-18-6-1-3-14(21(18)28-23)13-30-7-9-32-10-8-30/h1-6,12H,7-11,13H2,(H,26,29)(H,27,28). The van der Waals surface area contributed by atoms with E-state index in [1.54, 1.807) is 0 Å². The first-order valence-electron chi connectivity index (χ1n) is 10.4. The molecule has 2 N–H and O–H groups in total. The van der Waals surface area contributed by atoms with Crippen LogP contribution in [0.15, 0.2) is 42.6 Å². The molecule has 0 bridgehead atoms. The Morgan fingerprint density at radius 1 is 1.06 bits per heavy atom. The van der Waals surface area contributed by atoms with Crippen molar-refractivity contribution >= 4 is 16.8 Å². The van der Waals surface area contributed by atoms with Gasteiger partial charge in [-0.25, -0.2) is 13.8 Å². The van der Waals surface area contributed by atoms with Gasteiger partial charge in [0.25, 0.3) is 0 Å². The van der Waals surface area contributed by atoms with Crippen molar-refractivity contribution in [2.45, 2.75) is 13.0 Å². The van der Waals surface area contributed by atoms with Gasteiger partial charge in [-0.05, 0) is 23.8 Å². The van der Waals surface area contributed by atoms with Gasteiger partial charge in [0.1, 0.15) is 17.3 Å². The average molecular weight is 437 g/mol. The summed E-state index contributed by atoms with van der Waals surface area (Å²) in [6.45, 7) is 3.93. The number of ether oxygens (including phenoxy) is 1. The zero-order chi connectivity index (χ0) is 22.1. The molecule has 0 saturated carbocycles. The second-order valence-corrected chi connectivity index (χ2v) is 7.75. The normalized spacial score (nSPS) is 14.8. The van der Waals surface area contributed by atoms with Crippen molar-refractivity contribution in [1.29, 1.82) is 0 Å². The van der Waals surface area contributed by atoms with Crippen molar-refractivity contribution in [1.82, 2.24) is 25.1 Å². The van der Waals surface area contributed by atoms with E-state index >= 15 is 0 Å². The summed E-state index contributed by atoms with van der Waals surface area (Å²) in [6.07, 6.45) is 1.27. The molecule has 0 atom stereocenters. The van der Waals surface area contributed by atoms with Crippen molar-refractivity contribution < 1.29 is 18.3 Å². The number of carbonyl (C=O) groups excluding carboxylic acids is 1. The van der Waals surface area contributed by atoms with E-state index in [1.165, 1.54) is 12.3 Å². The Bertz CT molecular complexity index is 1260. The molecular formula is C23H21F2N5O2. The minimum atomic E-state index is -0.878. The van der Waals surface area contributed by atoms with Crippen LogP contribution in [0.1, 0.15) is 21.5 Å². The van der Waals surface area contributed by atoms with Crippen molar-refractivity contribution in [3.05, 3.63) is 70.9 Å². The number of carbonyl (C=O) groups is 1. The van der Waals surface area contributed by atoms with E-state index in [0.717, 1.165) is 61.6 Å². The molecule has 7 nitrogen and oxygen atoms in total. The summed E-state index contributed by atoms with van der Waals surface area (Å²) >= 11 is 0. The lowest BCUT2D eigenvalue weighted by Gasteiger charge is -2.26. The van der Waals surface area contributed by atoms with Crippen LogP contribution in [-0.2, 0) is 17.7 Å². The largest absolute Gasteiger partial charge is 0.379 e. The molecule has 0 radical (unpaired) electrons. The molecule has 1 aliphatic rings. The third kappa shape index (κ3) is 3.92. The Hall–Kier alpha value is -3.43. The van der Waals surface area contributed by atoms with E-state index in [2.05, 4.69) is 20.1 Å². The number of hydrogen-bond donors (Lipinski definition) is 2. The molecule has 2 aromatic heterocycles. The molecule has 4 aromatic rings. The number of hydrogen-bond acceptors (Lipinski definition) is 5. The molecule has 9 heteroatoms. The Balaban J connectivity index is 1.44. The van der Waals surface area contributed by atoms with Gasteiger partial charge >= 0.3 is 0 Å². The van der Waals surface area contributed by atoms with Gasteiger partial charge in [-0.1, -0.05) is 18.2 Å². The van der Waals surface area contributed by atoms with E-state index < -0.39 is 23.0 Å². The molecule has 0 amide bonds. The maximum atomic E-state index is 14.0. The number of Topliss-reactive ketones (excluding diaryl/α,β-unsaturated/α-hetero) is 1. The first-order valence-corrected chi connectivity index (χ1v) is 10.4. The molecule has 1 fully saturated rings. The number of nitrogens with zero attached hydrogens (tertiary/aromatic N) is 3. The lowest BCUT2D eigenvalue weighted by molar-refractivity contribution is 0.0343. The van der Waals surface area contributed by atoms with Gasteiger partial charge in [0.2, 0.25) is 0 Å². The SMILES string of the molecule is O=C(Cc1cn[nH]c1-c1nc2c(CN3CCOCC3)cccc2[nH]1)c1c(F)cccc1F. The molecule has 32 heavy (non-hydrogen) atoms. The second kappa shape index (κ2) is 8.60. The molecule has 1 saturated heterocycles. The van der Waals surface area contributed by atoms with E-state index in [4.69, 9.17) is 9.72 Å². The van der Waals surface area contributed by atoms with Crippen LogP contribution in [0.25, 0.3) is 22.6 Å². The summed E-state index contributed by atoms with van der Waals surface area (Å²) in [7, 11) is 0. The number of halogens is 2. The molecule has 1 aliphatic heterocycles. The first kappa shape index (κ1) is 20.5. The topological polar surface area (TPSA) is 86.9 Å². The van der Waals surface area contributed by atoms with Gasteiger partial charge in [0.05, 0.1) is 36.0 Å². The zero-order valence-electron chi connectivity index (χ0n) is 17.2. The van der Waals surface area contributed by atoms with Gasteiger partial charge < -0.3 is 9.72 Å². The van der Waals surface area contributed by atoms with Gasteiger partial charge in [-0.2, -0.15) is 5.10 Å². The van der Waals surface area contributed by atoms with Crippen LogP contribution in [0.4, 0.5) is 8.78 Å². The van der Waals surface area contributed by atoms with E-state index in [-0.39, 0.29) is 6.42 Å². The van der Waals surface area contributed by atoms with Gasteiger partial charge in [0.15, 0.2) is 11.6 Å². The van der Waals surface area contributed by atoms with Crippen LogP contribution in [0.2, 0.25) is 0 Å². The molecule has 164 valence electrons. The highest BCUT2D eigenvalue weighted by Crippen LogP contribution is 2.26. The fraction of sp³-hybridized carbons (Fsp3) is 0.261. The van der Waals surface area contributed by atoms with Crippen LogP contribution in [0, 0.1) is 11.6 Å². The predicted molar refractivity (Wildman–Crippen MR) is 114 cm³/mol. The predicted octanol–water partition coefficient (Wildman–Crippen LogP) is 3.49. The number of benzene rings is 2. The summed E-state index contributed by atoms with van der Waals surface area (Å²) in [5.41, 5.74) is 3.25. The van der Waals surface area contributed by atoms with Crippen LogP contribution in [0.5, 0.6) is 0 Å². The first-order chi connectivity index (χ1) is 15.6. The molecule has 2 aromatic carbocycles. The van der Waals surface area contributed by atoms with E-state index in [9.17, 15) is 13.6 Å². The molecule has 3 heterocycles. The van der Waals surface area contributed by atoms with Gasteiger partial charge in [-0.15, -0.1) is 0 Å². The number of ketones is 1. The average Bonchev–Trinajstić information content (AvgIpc) is 3.41. The van der Waals surface area contributed by atoms with Crippen LogP contribution < -0.4 is 0 Å². The summed E-state index contributed by atoms with van der Waals surface area (Å²) < 4.78 is 33.5. The van der Waals surface area contributed by atoms with Crippen molar-refractivity contribution in [2.75, 3.05) is 26.3 Å². The van der Waals surface area contributed by atoms with Crippen molar-refractivity contribution in [3.63, 3.8) is 0 Å².